The van der Waals surface area contributed by atoms with Crippen LogP contribution in [0.5, 0.6) is 0 Å². The number of allylic oxidation sites excluding steroid dienone is 5. The molecule has 0 aromatic carbocycles. The second-order valence-corrected chi connectivity index (χ2v) is 2.49. The van der Waals surface area contributed by atoms with Crippen LogP contribution in [-0.2, 0) is 0 Å². The number of hydrogen-bond acceptors (Lipinski definition) is 2. The summed E-state index contributed by atoms with van der Waals surface area (Å²) < 4.78 is 0. The van der Waals surface area contributed by atoms with Crippen LogP contribution in [0.25, 0.3) is 0 Å². The van der Waals surface area contributed by atoms with Crippen LogP contribution in [0.15, 0.2) is 72.5 Å². The Morgan fingerprint density at radius 1 is 0.933 bits per heavy atom. The monoisotopic (exact) mass is 200 g/mol. The van der Waals surface area contributed by atoms with Crippen molar-refractivity contribution in [3.63, 3.8) is 0 Å². The van der Waals surface area contributed by atoms with Crippen LogP contribution < -0.4 is 0 Å². The highest BCUT2D eigenvalue weighted by atomic mass is 14.8. The lowest BCUT2D eigenvalue weighted by atomic mass is 10.2. The van der Waals surface area contributed by atoms with Gasteiger partial charge in [-0.25, -0.2) is 0 Å². The molecule has 2 heteroatoms. The highest BCUT2D eigenvalue weighted by molar-refractivity contribution is 6.50. The van der Waals surface area contributed by atoms with Gasteiger partial charge < -0.3 is 0 Å². The summed E-state index contributed by atoms with van der Waals surface area (Å²) in [7, 11) is 0. The minimum absolute atomic E-state index is 0.725. The van der Waals surface area contributed by atoms with Crippen molar-refractivity contribution in [2.24, 2.45) is 9.98 Å². The molecule has 0 spiro atoms. The normalized spacial score (nSPS) is 13.4. The van der Waals surface area contributed by atoms with Gasteiger partial charge in [0.15, 0.2) is 0 Å². The van der Waals surface area contributed by atoms with E-state index in [4.69, 9.17) is 0 Å². The zero-order valence-electron chi connectivity index (χ0n) is 9.06. The molecule has 0 heterocycles. The first-order chi connectivity index (χ1) is 7.29. The van der Waals surface area contributed by atoms with E-state index in [1.807, 2.05) is 25.2 Å². The van der Waals surface area contributed by atoms with E-state index in [2.05, 4.69) is 29.7 Å². The highest BCUT2D eigenvalue weighted by Crippen LogP contribution is 1.94. The van der Waals surface area contributed by atoms with Crippen LogP contribution in [0.2, 0.25) is 0 Å². The maximum absolute atomic E-state index is 4.12. The molecule has 0 rings (SSSR count). The predicted molar refractivity (Wildman–Crippen MR) is 69.4 cm³/mol. The topological polar surface area (TPSA) is 24.7 Å². The fourth-order valence-corrected chi connectivity index (χ4v) is 0.903. The molecule has 15 heavy (non-hydrogen) atoms. The molecule has 0 N–H and O–H groups in total. The van der Waals surface area contributed by atoms with Crippen molar-refractivity contribution in [1.82, 2.24) is 0 Å². The van der Waals surface area contributed by atoms with Gasteiger partial charge in [0, 0.05) is 12.4 Å². The third-order valence-electron chi connectivity index (χ3n) is 1.44. The molecular weight excluding hydrogens is 184 g/mol. The van der Waals surface area contributed by atoms with Crippen molar-refractivity contribution in [1.29, 1.82) is 0 Å². The summed E-state index contributed by atoms with van der Waals surface area (Å²) in [5.74, 6) is 0. The van der Waals surface area contributed by atoms with Gasteiger partial charge in [-0.1, -0.05) is 38.0 Å². The number of hydrogen-bond donors (Lipinski definition) is 0. The lowest BCUT2D eigenvalue weighted by Crippen LogP contribution is -2.07. The van der Waals surface area contributed by atoms with Gasteiger partial charge in [-0.2, -0.15) is 0 Å². The van der Waals surface area contributed by atoms with E-state index in [-0.39, 0.29) is 0 Å². The SMILES string of the molecule is C=C\C=C/C(=N\C=C)C(/C=C\C)=N\C=C. The third kappa shape index (κ3) is 5.37. The summed E-state index contributed by atoms with van der Waals surface area (Å²) in [6.45, 7) is 12.6. The van der Waals surface area contributed by atoms with E-state index in [0.717, 1.165) is 11.4 Å². The van der Waals surface area contributed by atoms with Crippen molar-refractivity contribution in [2.75, 3.05) is 0 Å². The van der Waals surface area contributed by atoms with E-state index >= 15 is 0 Å². The summed E-state index contributed by atoms with van der Waals surface area (Å²) in [6.07, 6.45) is 12.0. The Kier molecular flexibility index (Phi) is 7.50. The minimum Gasteiger partial charge on any atom is -0.255 e. The van der Waals surface area contributed by atoms with Crippen LogP contribution in [0.1, 0.15) is 6.92 Å². The maximum Gasteiger partial charge on any atom is 0.0885 e. The Morgan fingerprint density at radius 3 is 1.87 bits per heavy atom. The molecule has 0 amide bonds. The maximum atomic E-state index is 4.12. The van der Waals surface area contributed by atoms with Crippen molar-refractivity contribution in [3.8, 4) is 0 Å². The van der Waals surface area contributed by atoms with Crippen LogP contribution in [-0.4, -0.2) is 11.4 Å². The van der Waals surface area contributed by atoms with Gasteiger partial charge in [0.25, 0.3) is 0 Å². The van der Waals surface area contributed by atoms with Crippen LogP contribution in [0.3, 0.4) is 0 Å². The van der Waals surface area contributed by atoms with Gasteiger partial charge in [-0.15, -0.1) is 0 Å². The largest absolute Gasteiger partial charge is 0.255 e. The molecule has 2 nitrogen and oxygen atoms in total. The van der Waals surface area contributed by atoms with Crippen LogP contribution in [0, 0.1) is 0 Å². The number of rotatable bonds is 6. The van der Waals surface area contributed by atoms with E-state index in [1.54, 1.807) is 12.2 Å². The fraction of sp³-hybridized carbons (Fsp3) is 0.0769. The summed E-state index contributed by atoms with van der Waals surface area (Å²) >= 11 is 0. The molecule has 0 fully saturated rings. The predicted octanol–water partition coefficient (Wildman–Crippen LogP) is 3.47. The minimum atomic E-state index is 0.725. The Bertz CT molecular complexity index is 342. The standard InChI is InChI=1S/C13H16N2/c1-5-9-11-13(15-8-4)12(10-6-2)14-7-3/h5-11H,1,3-4H2,2H3/b10-6-,11-9-,14-12-,15-13+. The first kappa shape index (κ1) is 13.0. The molecule has 0 aliphatic carbocycles. The Morgan fingerprint density at radius 2 is 1.47 bits per heavy atom. The van der Waals surface area contributed by atoms with Crippen LogP contribution in [0.4, 0.5) is 0 Å². The van der Waals surface area contributed by atoms with Crippen molar-refractivity contribution >= 4 is 11.4 Å². The molecule has 0 radical (unpaired) electrons. The molecular formula is C13H16N2. The Balaban J connectivity index is 5.18. The summed E-state index contributed by atoms with van der Waals surface area (Å²) in [5.41, 5.74) is 1.47. The molecule has 0 saturated carbocycles. The van der Waals surface area contributed by atoms with Gasteiger partial charge in [-0.05, 0) is 19.1 Å². The van der Waals surface area contributed by atoms with Gasteiger partial charge in [-0.3, -0.25) is 9.98 Å². The first-order valence-electron chi connectivity index (χ1n) is 4.59. The fourth-order valence-electron chi connectivity index (χ4n) is 0.903. The van der Waals surface area contributed by atoms with Gasteiger partial charge in [0.05, 0.1) is 11.4 Å². The molecule has 0 aliphatic heterocycles. The molecule has 0 aromatic heterocycles. The van der Waals surface area contributed by atoms with E-state index < -0.39 is 0 Å². The molecule has 78 valence electrons. The highest BCUT2D eigenvalue weighted by Gasteiger charge is 1.99. The van der Waals surface area contributed by atoms with Gasteiger partial charge in [0.1, 0.15) is 0 Å². The molecule has 0 unspecified atom stereocenters. The lowest BCUT2D eigenvalue weighted by Gasteiger charge is -1.98. The summed E-state index contributed by atoms with van der Waals surface area (Å²) in [4.78, 5) is 8.23. The smallest absolute Gasteiger partial charge is 0.0885 e. The average Bonchev–Trinajstić information content (AvgIpc) is 2.24. The Labute approximate surface area is 91.5 Å². The van der Waals surface area contributed by atoms with Gasteiger partial charge >= 0.3 is 0 Å². The molecule has 0 bridgehead atoms. The van der Waals surface area contributed by atoms with E-state index in [9.17, 15) is 0 Å². The molecule has 0 atom stereocenters. The lowest BCUT2D eigenvalue weighted by molar-refractivity contribution is 1.56. The second-order valence-electron chi connectivity index (χ2n) is 2.49. The Hall–Kier alpha value is -1.96. The molecule has 0 aromatic rings. The zero-order chi connectivity index (χ0) is 11.5. The number of aliphatic imine (C=N–C) groups is 2. The van der Waals surface area contributed by atoms with Gasteiger partial charge in [0.2, 0.25) is 0 Å². The zero-order valence-corrected chi connectivity index (χ0v) is 9.06. The van der Waals surface area contributed by atoms with E-state index in [0.29, 0.717) is 0 Å². The van der Waals surface area contributed by atoms with Crippen molar-refractivity contribution in [3.05, 3.63) is 62.5 Å². The van der Waals surface area contributed by atoms with Crippen molar-refractivity contribution < 1.29 is 0 Å². The number of nitrogens with zero attached hydrogens (tertiary/aromatic N) is 2. The van der Waals surface area contributed by atoms with Crippen molar-refractivity contribution in [2.45, 2.75) is 6.92 Å². The summed E-state index contributed by atoms with van der Waals surface area (Å²) in [5, 5.41) is 0. The average molecular weight is 200 g/mol. The molecule has 0 saturated heterocycles. The quantitative estimate of drug-likeness (QED) is 0.463. The third-order valence-corrected chi connectivity index (χ3v) is 1.44. The molecule has 0 aliphatic rings. The van der Waals surface area contributed by atoms with Crippen LogP contribution >= 0.6 is 0 Å². The summed E-state index contributed by atoms with van der Waals surface area (Å²) in [6, 6.07) is 0. The first-order valence-corrected chi connectivity index (χ1v) is 4.59. The van der Waals surface area contributed by atoms with E-state index in [1.165, 1.54) is 12.4 Å². The second kappa shape index (κ2) is 8.63.